The second-order valence-corrected chi connectivity index (χ2v) is 9.44. The number of carbonyl (C=O) groups excluding carboxylic acids is 2. The minimum atomic E-state index is -0.932. The van der Waals surface area contributed by atoms with Crippen LogP contribution in [0.5, 0.6) is 0 Å². The van der Waals surface area contributed by atoms with E-state index in [1.54, 1.807) is 0 Å². The summed E-state index contributed by atoms with van der Waals surface area (Å²) in [7, 11) is 0. The highest BCUT2D eigenvalue weighted by molar-refractivity contribution is 6.03. The summed E-state index contributed by atoms with van der Waals surface area (Å²) in [4.78, 5) is 29.1. The van der Waals surface area contributed by atoms with Crippen molar-refractivity contribution >= 4 is 22.9 Å². The van der Waals surface area contributed by atoms with Crippen molar-refractivity contribution in [1.29, 1.82) is 0 Å². The summed E-state index contributed by atoms with van der Waals surface area (Å²) in [5.74, 6) is 0.692. The number of carbonyl (C=O) groups is 2. The molecule has 1 aliphatic carbocycles. The van der Waals surface area contributed by atoms with Gasteiger partial charge in [-0.05, 0) is 40.0 Å². The predicted molar refractivity (Wildman–Crippen MR) is 118 cm³/mol. The van der Waals surface area contributed by atoms with Crippen molar-refractivity contribution in [2.45, 2.75) is 103 Å². The summed E-state index contributed by atoms with van der Waals surface area (Å²) in [6.45, 7) is 8.38. The summed E-state index contributed by atoms with van der Waals surface area (Å²) < 4.78 is 7.75. The molecule has 0 radical (unpaired) electrons. The molecular weight excluding hydrogens is 378 g/mol. The molecular formula is C24H35N3O3. The Hall–Kier alpha value is -2.24. The van der Waals surface area contributed by atoms with Crippen LogP contribution < -0.4 is 5.32 Å². The number of furan rings is 1. The molecule has 30 heavy (non-hydrogen) atoms. The molecule has 2 unspecified atom stereocenters. The molecule has 2 aromatic heterocycles. The maximum absolute atomic E-state index is 13.7. The van der Waals surface area contributed by atoms with Gasteiger partial charge >= 0.3 is 0 Å². The van der Waals surface area contributed by atoms with Crippen molar-refractivity contribution in [1.82, 2.24) is 14.8 Å². The molecule has 2 amide bonds. The van der Waals surface area contributed by atoms with E-state index in [2.05, 4.69) is 12.2 Å². The van der Waals surface area contributed by atoms with Gasteiger partial charge < -0.3 is 19.2 Å². The molecule has 0 spiro atoms. The van der Waals surface area contributed by atoms with Gasteiger partial charge in [0.2, 0.25) is 5.91 Å². The largest absolute Gasteiger partial charge is 0.460 e. The van der Waals surface area contributed by atoms with Crippen LogP contribution in [0.25, 0.3) is 11.1 Å². The Balaban J connectivity index is 1.68. The van der Waals surface area contributed by atoms with Gasteiger partial charge in [-0.1, -0.05) is 39.0 Å². The standard InChI is InChI=1S/C24H35N3O3/c1-5-16(2)27-22(28)20-14-21-19(13-17(3)30-21)26(20)15-24(27,4)23(29)25-18-11-9-7-6-8-10-12-18/h13-14,16,18H,5-12,15H2,1-4H3,(H,25,29). The molecule has 0 bridgehead atoms. The zero-order valence-electron chi connectivity index (χ0n) is 18.8. The maximum Gasteiger partial charge on any atom is 0.271 e. The van der Waals surface area contributed by atoms with Gasteiger partial charge in [0.25, 0.3) is 5.91 Å². The zero-order chi connectivity index (χ0) is 21.5. The van der Waals surface area contributed by atoms with E-state index in [-0.39, 0.29) is 23.9 Å². The minimum Gasteiger partial charge on any atom is -0.460 e. The second-order valence-electron chi connectivity index (χ2n) is 9.44. The molecule has 6 heteroatoms. The lowest BCUT2D eigenvalue weighted by molar-refractivity contribution is -0.135. The summed E-state index contributed by atoms with van der Waals surface area (Å²) in [5, 5.41) is 3.33. The molecule has 2 atom stereocenters. The molecule has 4 rings (SSSR count). The third kappa shape index (κ3) is 3.54. The molecule has 1 saturated carbocycles. The first-order valence-electron chi connectivity index (χ1n) is 11.6. The smallest absolute Gasteiger partial charge is 0.271 e. The van der Waals surface area contributed by atoms with Gasteiger partial charge in [0.15, 0.2) is 5.58 Å². The van der Waals surface area contributed by atoms with E-state index >= 15 is 0 Å². The van der Waals surface area contributed by atoms with E-state index in [9.17, 15) is 9.59 Å². The number of rotatable bonds is 4. The van der Waals surface area contributed by atoms with Gasteiger partial charge in [-0.2, -0.15) is 0 Å². The minimum absolute atomic E-state index is 0.0257. The first-order chi connectivity index (χ1) is 14.3. The summed E-state index contributed by atoms with van der Waals surface area (Å²) in [6, 6.07) is 3.96. The number of hydrogen-bond acceptors (Lipinski definition) is 3. The number of aryl methyl sites for hydroxylation is 1. The molecule has 1 N–H and O–H groups in total. The molecule has 0 saturated heterocycles. The van der Waals surface area contributed by atoms with Crippen LogP contribution in [0.15, 0.2) is 16.5 Å². The van der Waals surface area contributed by atoms with E-state index in [1.807, 2.05) is 42.4 Å². The quantitative estimate of drug-likeness (QED) is 0.784. The van der Waals surface area contributed by atoms with E-state index < -0.39 is 5.54 Å². The number of hydrogen-bond donors (Lipinski definition) is 1. The predicted octanol–water partition coefficient (Wildman–Crippen LogP) is 4.78. The Morgan fingerprint density at radius 2 is 1.90 bits per heavy atom. The number of fused-ring (bicyclic) bond motifs is 3. The van der Waals surface area contributed by atoms with Crippen molar-refractivity contribution in [3.05, 3.63) is 23.6 Å². The molecule has 6 nitrogen and oxygen atoms in total. The third-order valence-corrected chi connectivity index (χ3v) is 7.11. The van der Waals surface area contributed by atoms with Crippen LogP contribution in [-0.4, -0.2) is 38.9 Å². The fourth-order valence-electron chi connectivity index (χ4n) is 5.24. The van der Waals surface area contributed by atoms with Crippen LogP contribution >= 0.6 is 0 Å². The normalized spacial score (nSPS) is 24.4. The Morgan fingerprint density at radius 3 is 2.57 bits per heavy atom. The van der Waals surface area contributed by atoms with Crippen molar-refractivity contribution in [2.24, 2.45) is 0 Å². The van der Waals surface area contributed by atoms with Gasteiger partial charge in [-0.3, -0.25) is 9.59 Å². The van der Waals surface area contributed by atoms with Crippen LogP contribution in [0, 0.1) is 6.92 Å². The Labute approximate surface area is 179 Å². The molecule has 164 valence electrons. The number of nitrogens with one attached hydrogen (secondary N) is 1. The van der Waals surface area contributed by atoms with E-state index in [0.29, 0.717) is 17.8 Å². The van der Waals surface area contributed by atoms with Gasteiger partial charge in [-0.25, -0.2) is 0 Å². The number of nitrogens with zero attached hydrogens (tertiary/aromatic N) is 2. The van der Waals surface area contributed by atoms with Crippen LogP contribution in [0.1, 0.15) is 88.4 Å². The Morgan fingerprint density at radius 1 is 1.23 bits per heavy atom. The lowest BCUT2D eigenvalue weighted by atomic mass is 9.90. The molecule has 2 aliphatic rings. The van der Waals surface area contributed by atoms with E-state index in [0.717, 1.165) is 43.4 Å². The van der Waals surface area contributed by atoms with Crippen LogP contribution in [0.4, 0.5) is 0 Å². The van der Waals surface area contributed by atoms with Crippen molar-refractivity contribution in [3.8, 4) is 0 Å². The lowest BCUT2D eigenvalue weighted by Gasteiger charge is -2.47. The highest BCUT2D eigenvalue weighted by Gasteiger charge is 2.49. The van der Waals surface area contributed by atoms with Gasteiger partial charge in [-0.15, -0.1) is 0 Å². The molecule has 3 heterocycles. The Kier molecular flexibility index (Phi) is 5.69. The molecule has 2 aromatic rings. The van der Waals surface area contributed by atoms with Crippen molar-refractivity contribution < 1.29 is 14.0 Å². The number of amides is 2. The van der Waals surface area contributed by atoms with Crippen molar-refractivity contribution in [3.63, 3.8) is 0 Å². The van der Waals surface area contributed by atoms with Crippen molar-refractivity contribution in [2.75, 3.05) is 0 Å². The van der Waals surface area contributed by atoms with Gasteiger partial charge in [0.1, 0.15) is 17.0 Å². The highest BCUT2D eigenvalue weighted by atomic mass is 16.3. The average Bonchev–Trinajstić information content (AvgIpc) is 3.20. The average molecular weight is 414 g/mol. The summed E-state index contributed by atoms with van der Waals surface area (Å²) in [5.41, 5.74) is 1.29. The Bertz CT molecular complexity index is 935. The number of aromatic nitrogens is 1. The van der Waals surface area contributed by atoms with Crippen LogP contribution in [0.2, 0.25) is 0 Å². The molecule has 1 fully saturated rings. The first-order valence-corrected chi connectivity index (χ1v) is 11.6. The first kappa shape index (κ1) is 21.0. The zero-order valence-corrected chi connectivity index (χ0v) is 18.8. The highest BCUT2D eigenvalue weighted by Crippen LogP contribution is 2.35. The maximum atomic E-state index is 13.7. The van der Waals surface area contributed by atoms with E-state index in [1.165, 1.54) is 19.3 Å². The second kappa shape index (κ2) is 8.12. The van der Waals surface area contributed by atoms with Crippen LogP contribution in [-0.2, 0) is 11.3 Å². The summed E-state index contributed by atoms with van der Waals surface area (Å²) in [6.07, 6.45) is 8.95. The third-order valence-electron chi connectivity index (χ3n) is 7.11. The lowest BCUT2D eigenvalue weighted by Crippen LogP contribution is -2.66. The SMILES string of the molecule is CCC(C)N1C(=O)c2cc3oc(C)cc3n2CC1(C)C(=O)NC1CCCCCCC1. The van der Waals surface area contributed by atoms with Gasteiger partial charge in [0, 0.05) is 24.2 Å². The fraction of sp³-hybridized carbons (Fsp3) is 0.667. The van der Waals surface area contributed by atoms with Gasteiger partial charge in [0.05, 0.1) is 12.1 Å². The molecule has 0 aromatic carbocycles. The van der Waals surface area contributed by atoms with Crippen LogP contribution in [0.3, 0.4) is 0 Å². The molecule has 1 aliphatic heterocycles. The topological polar surface area (TPSA) is 67.5 Å². The fourth-order valence-corrected chi connectivity index (χ4v) is 5.24. The summed E-state index contributed by atoms with van der Waals surface area (Å²) >= 11 is 0. The van der Waals surface area contributed by atoms with E-state index in [4.69, 9.17) is 4.42 Å². The monoisotopic (exact) mass is 413 g/mol.